The number of hydrogen-bond donors (Lipinski definition) is 0. The lowest BCUT2D eigenvalue weighted by Gasteiger charge is -2.20. The molecular formula is C22H18N2OS. The summed E-state index contributed by atoms with van der Waals surface area (Å²) in [6, 6.07) is 28.5. The first-order valence-corrected chi connectivity index (χ1v) is 9.23. The van der Waals surface area contributed by atoms with Crippen LogP contribution in [-0.2, 0) is 0 Å². The van der Waals surface area contributed by atoms with Gasteiger partial charge in [-0.2, -0.15) is 0 Å². The van der Waals surface area contributed by atoms with Crippen LogP contribution < -0.4 is 4.74 Å². The zero-order valence-electron chi connectivity index (χ0n) is 14.4. The van der Waals surface area contributed by atoms with Crippen molar-refractivity contribution in [2.75, 3.05) is 7.11 Å². The Morgan fingerprint density at radius 2 is 1.23 bits per heavy atom. The predicted octanol–water partition coefficient (Wildman–Crippen LogP) is 5.33. The van der Waals surface area contributed by atoms with Crippen molar-refractivity contribution in [3.05, 3.63) is 102 Å². The van der Waals surface area contributed by atoms with Gasteiger partial charge in [-0.05, 0) is 41.6 Å². The van der Waals surface area contributed by atoms with Gasteiger partial charge in [0.15, 0.2) is 6.17 Å². The second kappa shape index (κ2) is 7.58. The van der Waals surface area contributed by atoms with Gasteiger partial charge in [0.2, 0.25) is 0 Å². The topological polar surface area (TPSA) is 34.0 Å². The van der Waals surface area contributed by atoms with Crippen molar-refractivity contribution in [2.24, 2.45) is 9.98 Å². The molecule has 1 aliphatic heterocycles. The number of rotatable bonds is 4. The number of benzene rings is 3. The number of ether oxygens (including phenoxy) is 1. The fourth-order valence-corrected chi connectivity index (χ4v) is 3.75. The zero-order chi connectivity index (χ0) is 17.8. The van der Waals surface area contributed by atoms with Gasteiger partial charge in [0.25, 0.3) is 0 Å². The minimum absolute atomic E-state index is 0.232. The van der Waals surface area contributed by atoms with Crippen molar-refractivity contribution in [3.8, 4) is 5.75 Å². The molecule has 0 spiro atoms. The molecule has 0 unspecified atom stereocenters. The zero-order valence-corrected chi connectivity index (χ0v) is 15.2. The summed E-state index contributed by atoms with van der Waals surface area (Å²) in [5.41, 5.74) is 3.27. The molecular weight excluding hydrogens is 340 g/mol. The van der Waals surface area contributed by atoms with Crippen LogP contribution in [0.1, 0.15) is 22.9 Å². The Morgan fingerprint density at radius 1 is 0.692 bits per heavy atom. The molecule has 3 aromatic carbocycles. The molecule has 0 saturated carbocycles. The fourth-order valence-electron chi connectivity index (χ4n) is 2.75. The van der Waals surface area contributed by atoms with E-state index in [9.17, 15) is 0 Å². The molecule has 0 fully saturated rings. The van der Waals surface area contributed by atoms with Gasteiger partial charge in [0.05, 0.1) is 7.11 Å². The first-order valence-electron chi connectivity index (χ1n) is 8.42. The van der Waals surface area contributed by atoms with E-state index in [-0.39, 0.29) is 6.17 Å². The maximum absolute atomic E-state index is 5.27. The summed E-state index contributed by atoms with van der Waals surface area (Å²) in [5, 5.41) is 1.95. The van der Waals surface area contributed by atoms with Crippen LogP contribution in [0.3, 0.4) is 0 Å². The van der Waals surface area contributed by atoms with E-state index < -0.39 is 0 Å². The average Bonchev–Trinajstić information content (AvgIpc) is 2.75. The lowest BCUT2D eigenvalue weighted by atomic mass is 10.1. The van der Waals surface area contributed by atoms with Crippen molar-refractivity contribution < 1.29 is 4.74 Å². The van der Waals surface area contributed by atoms with Crippen LogP contribution in [-0.4, -0.2) is 17.2 Å². The first-order chi connectivity index (χ1) is 12.8. The molecule has 0 radical (unpaired) electrons. The summed E-state index contributed by atoms with van der Waals surface area (Å²) in [4.78, 5) is 9.80. The van der Waals surface area contributed by atoms with E-state index in [4.69, 9.17) is 14.7 Å². The number of hydrogen-bond acceptors (Lipinski definition) is 4. The molecule has 0 amide bonds. The molecule has 1 atom stereocenters. The first kappa shape index (κ1) is 16.6. The SMILES string of the molecule is COc1ccc(C2=N[C@@H](c3ccccc3)N=C(c3ccccc3)S2)cc1. The van der Waals surface area contributed by atoms with Gasteiger partial charge in [-0.3, -0.25) is 0 Å². The van der Waals surface area contributed by atoms with E-state index in [1.807, 2.05) is 60.7 Å². The van der Waals surface area contributed by atoms with E-state index >= 15 is 0 Å². The quantitative estimate of drug-likeness (QED) is 0.631. The van der Waals surface area contributed by atoms with Crippen molar-refractivity contribution in [3.63, 3.8) is 0 Å². The molecule has 0 bridgehead atoms. The molecule has 4 heteroatoms. The largest absolute Gasteiger partial charge is 0.497 e. The monoisotopic (exact) mass is 358 g/mol. The average molecular weight is 358 g/mol. The van der Waals surface area contributed by atoms with Crippen molar-refractivity contribution >= 4 is 21.8 Å². The fraction of sp³-hybridized carbons (Fsp3) is 0.0909. The number of aliphatic imine (C=N–C) groups is 2. The highest BCUT2D eigenvalue weighted by atomic mass is 32.2. The van der Waals surface area contributed by atoms with Crippen LogP contribution in [0.4, 0.5) is 0 Å². The maximum atomic E-state index is 5.27. The van der Waals surface area contributed by atoms with Crippen molar-refractivity contribution in [2.45, 2.75) is 6.17 Å². The normalized spacial score (nSPS) is 16.6. The third kappa shape index (κ3) is 3.55. The standard InChI is InChI=1S/C22H18N2OS/c1-25-19-14-12-18(13-15-19)22-24-20(16-8-4-2-5-9-16)23-21(26-22)17-10-6-3-7-11-17/h2-15,20H,1H3/t20-/m0/s1. The minimum atomic E-state index is -0.232. The summed E-state index contributed by atoms with van der Waals surface area (Å²) in [6.45, 7) is 0. The Balaban J connectivity index is 1.75. The molecule has 26 heavy (non-hydrogen) atoms. The number of thioether (sulfide) groups is 1. The van der Waals surface area contributed by atoms with Crippen LogP contribution in [0, 0.1) is 0 Å². The molecule has 128 valence electrons. The van der Waals surface area contributed by atoms with E-state index in [0.717, 1.165) is 32.5 Å². The molecule has 3 nitrogen and oxygen atoms in total. The van der Waals surface area contributed by atoms with Crippen LogP contribution in [0.25, 0.3) is 0 Å². The highest BCUT2D eigenvalue weighted by molar-refractivity contribution is 8.27. The Labute approximate surface area is 157 Å². The van der Waals surface area contributed by atoms with Crippen molar-refractivity contribution in [1.82, 2.24) is 0 Å². The lowest BCUT2D eigenvalue weighted by molar-refractivity contribution is 0.415. The highest BCUT2D eigenvalue weighted by Crippen LogP contribution is 2.32. The third-order valence-electron chi connectivity index (χ3n) is 4.13. The Bertz CT molecular complexity index is 935. The molecule has 0 aromatic heterocycles. The Kier molecular flexibility index (Phi) is 4.84. The van der Waals surface area contributed by atoms with Gasteiger partial charge < -0.3 is 4.74 Å². The molecule has 3 aromatic rings. The molecule has 1 heterocycles. The van der Waals surface area contributed by atoms with Gasteiger partial charge in [-0.1, -0.05) is 60.7 Å². The molecule has 0 aliphatic carbocycles. The van der Waals surface area contributed by atoms with Gasteiger partial charge in [-0.15, -0.1) is 0 Å². The molecule has 0 saturated heterocycles. The summed E-state index contributed by atoms with van der Waals surface area (Å²) < 4.78 is 5.27. The Hall–Kier alpha value is -2.85. The van der Waals surface area contributed by atoms with Gasteiger partial charge >= 0.3 is 0 Å². The molecule has 4 rings (SSSR count). The summed E-state index contributed by atoms with van der Waals surface area (Å²) in [5.74, 6) is 0.840. The van der Waals surface area contributed by atoms with Crippen LogP contribution >= 0.6 is 11.8 Å². The molecule has 1 aliphatic rings. The summed E-state index contributed by atoms with van der Waals surface area (Å²) in [6.07, 6.45) is -0.232. The van der Waals surface area contributed by atoms with Gasteiger partial charge in [-0.25, -0.2) is 9.98 Å². The summed E-state index contributed by atoms with van der Waals surface area (Å²) >= 11 is 1.61. The number of nitrogens with zero attached hydrogens (tertiary/aromatic N) is 2. The minimum Gasteiger partial charge on any atom is -0.497 e. The second-order valence-electron chi connectivity index (χ2n) is 5.85. The highest BCUT2D eigenvalue weighted by Gasteiger charge is 2.21. The van der Waals surface area contributed by atoms with E-state index in [1.54, 1.807) is 18.9 Å². The van der Waals surface area contributed by atoms with E-state index in [0.29, 0.717) is 0 Å². The Morgan fingerprint density at radius 3 is 1.81 bits per heavy atom. The van der Waals surface area contributed by atoms with E-state index in [1.165, 1.54) is 0 Å². The predicted molar refractivity (Wildman–Crippen MR) is 109 cm³/mol. The lowest BCUT2D eigenvalue weighted by Crippen LogP contribution is -2.12. The smallest absolute Gasteiger partial charge is 0.167 e. The maximum Gasteiger partial charge on any atom is 0.167 e. The van der Waals surface area contributed by atoms with Crippen LogP contribution in [0.15, 0.2) is 94.9 Å². The third-order valence-corrected chi connectivity index (χ3v) is 5.20. The van der Waals surface area contributed by atoms with E-state index in [2.05, 4.69) is 24.3 Å². The van der Waals surface area contributed by atoms with Gasteiger partial charge in [0.1, 0.15) is 15.8 Å². The van der Waals surface area contributed by atoms with Crippen LogP contribution in [0.5, 0.6) is 5.75 Å². The number of methoxy groups -OCH3 is 1. The van der Waals surface area contributed by atoms with Gasteiger partial charge in [0, 0.05) is 11.1 Å². The van der Waals surface area contributed by atoms with Crippen LogP contribution in [0.2, 0.25) is 0 Å². The van der Waals surface area contributed by atoms with Crippen molar-refractivity contribution in [1.29, 1.82) is 0 Å². The molecule has 0 N–H and O–H groups in total. The second-order valence-corrected chi connectivity index (χ2v) is 6.83. The summed E-state index contributed by atoms with van der Waals surface area (Å²) in [7, 11) is 1.67.